The zero-order chi connectivity index (χ0) is 17.8. The summed E-state index contributed by atoms with van der Waals surface area (Å²) in [5.41, 5.74) is 1.15. The predicted octanol–water partition coefficient (Wildman–Crippen LogP) is 2.40. The van der Waals surface area contributed by atoms with Crippen LogP contribution in [0.4, 0.5) is 0 Å². The summed E-state index contributed by atoms with van der Waals surface area (Å²) < 4.78 is 13.6. The molecule has 2 aliphatic rings. The molecule has 3 rings (SSSR count). The van der Waals surface area contributed by atoms with Crippen LogP contribution in [0.3, 0.4) is 0 Å². The highest BCUT2D eigenvalue weighted by Crippen LogP contribution is 2.23. The van der Waals surface area contributed by atoms with Crippen molar-refractivity contribution in [1.29, 1.82) is 0 Å². The number of hydrogen-bond donors (Lipinski definition) is 0. The number of aryl methyl sites for hydroxylation is 1. The van der Waals surface area contributed by atoms with E-state index >= 15 is 0 Å². The van der Waals surface area contributed by atoms with Gasteiger partial charge in [0.1, 0.15) is 6.10 Å². The summed E-state index contributed by atoms with van der Waals surface area (Å²) in [5, 5.41) is 4.37. The molecule has 0 aromatic carbocycles. The van der Waals surface area contributed by atoms with Gasteiger partial charge < -0.3 is 14.4 Å². The lowest BCUT2D eigenvalue weighted by Gasteiger charge is -2.31. The molecule has 2 fully saturated rings. The summed E-state index contributed by atoms with van der Waals surface area (Å²) in [4.78, 5) is 15.1. The van der Waals surface area contributed by atoms with E-state index in [1.807, 2.05) is 28.9 Å². The molecule has 1 amide bonds. The SMILES string of the molecule is Cc1cnn(C[C@@H]2CCCN2C(=O)[C@H](OC[C@H]2CCCO2)C(C)C)c1. The summed E-state index contributed by atoms with van der Waals surface area (Å²) in [5.74, 6) is 0.279. The van der Waals surface area contributed by atoms with E-state index < -0.39 is 0 Å². The highest BCUT2D eigenvalue weighted by molar-refractivity contribution is 5.81. The molecule has 3 atom stereocenters. The van der Waals surface area contributed by atoms with Gasteiger partial charge in [-0.1, -0.05) is 13.8 Å². The third kappa shape index (κ3) is 4.61. The molecule has 0 unspecified atom stereocenters. The first-order valence-electron chi connectivity index (χ1n) is 9.57. The van der Waals surface area contributed by atoms with Gasteiger partial charge in [0.05, 0.1) is 31.5 Å². The second-order valence-electron chi connectivity index (χ2n) is 7.70. The maximum atomic E-state index is 13.1. The topological polar surface area (TPSA) is 56.6 Å². The number of nitrogens with zero attached hydrogens (tertiary/aromatic N) is 3. The van der Waals surface area contributed by atoms with Gasteiger partial charge in [0.15, 0.2) is 0 Å². The summed E-state index contributed by atoms with van der Waals surface area (Å²) in [6.07, 6.45) is 7.86. The average Bonchev–Trinajstić information content (AvgIpc) is 3.30. The van der Waals surface area contributed by atoms with E-state index in [9.17, 15) is 4.79 Å². The van der Waals surface area contributed by atoms with Gasteiger partial charge in [-0.05, 0) is 44.1 Å². The van der Waals surface area contributed by atoms with E-state index in [2.05, 4.69) is 18.9 Å². The lowest BCUT2D eigenvalue weighted by Crippen LogP contribution is -2.47. The van der Waals surface area contributed by atoms with Crippen LogP contribution < -0.4 is 0 Å². The van der Waals surface area contributed by atoms with Gasteiger partial charge in [-0.25, -0.2) is 0 Å². The molecule has 0 spiro atoms. The van der Waals surface area contributed by atoms with E-state index in [0.29, 0.717) is 6.61 Å². The normalized spacial score (nSPS) is 25.0. The Hall–Kier alpha value is -1.40. The molecule has 0 radical (unpaired) electrons. The Kier molecular flexibility index (Phi) is 6.12. The standard InChI is InChI=1S/C19H31N3O3/c1-14(2)18(25-13-17-7-5-9-24-17)19(23)22-8-4-6-16(22)12-21-11-15(3)10-20-21/h10-11,14,16-18H,4-9,12-13H2,1-3H3/t16-,17+,18+/m0/s1. The van der Waals surface area contributed by atoms with Crippen molar-refractivity contribution in [3.63, 3.8) is 0 Å². The molecule has 1 aromatic heterocycles. The van der Waals surface area contributed by atoms with Crippen molar-refractivity contribution in [1.82, 2.24) is 14.7 Å². The maximum absolute atomic E-state index is 13.1. The lowest BCUT2D eigenvalue weighted by molar-refractivity contribution is -0.150. The van der Waals surface area contributed by atoms with Crippen molar-refractivity contribution >= 4 is 5.91 Å². The van der Waals surface area contributed by atoms with Crippen LogP contribution in [0, 0.1) is 12.8 Å². The zero-order valence-corrected chi connectivity index (χ0v) is 15.7. The minimum Gasteiger partial charge on any atom is -0.376 e. The minimum absolute atomic E-state index is 0.124. The van der Waals surface area contributed by atoms with Crippen LogP contribution in [0.2, 0.25) is 0 Å². The molecule has 2 aliphatic heterocycles. The summed E-state index contributed by atoms with van der Waals surface area (Å²) in [6, 6.07) is 0.208. The van der Waals surface area contributed by atoms with E-state index in [-0.39, 0.29) is 30.1 Å². The van der Waals surface area contributed by atoms with Gasteiger partial charge in [-0.3, -0.25) is 9.48 Å². The van der Waals surface area contributed by atoms with Crippen LogP contribution in [0.25, 0.3) is 0 Å². The van der Waals surface area contributed by atoms with Gasteiger partial charge in [0.2, 0.25) is 0 Å². The smallest absolute Gasteiger partial charge is 0.252 e. The summed E-state index contributed by atoms with van der Waals surface area (Å²) in [7, 11) is 0. The number of hydrogen-bond acceptors (Lipinski definition) is 4. The average molecular weight is 349 g/mol. The van der Waals surface area contributed by atoms with E-state index in [4.69, 9.17) is 9.47 Å². The molecule has 0 bridgehead atoms. The molecule has 6 nitrogen and oxygen atoms in total. The minimum atomic E-state index is -0.385. The number of aromatic nitrogens is 2. The monoisotopic (exact) mass is 349 g/mol. The molecular formula is C19H31N3O3. The van der Waals surface area contributed by atoms with Crippen molar-refractivity contribution in [2.45, 2.75) is 71.2 Å². The maximum Gasteiger partial charge on any atom is 0.252 e. The molecule has 25 heavy (non-hydrogen) atoms. The van der Waals surface area contributed by atoms with Gasteiger partial charge in [-0.15, -0.1) is 0 Å². The first-order chi connectivity index (χ1) is 12.0. The number of amides is 1. The molecule has 0 N–H and O–H groups in total. The first-order valence-corrected chi connectivity index (χ1v) is 9.57. The number of likely N-dealkylation sites (tertiary alicyclic amines) is 1. The fraction of sp³-hybridized carbons (Fsp3) is 0.789. The van der Waals surface area contributed by atoms with Crippen LogP contribution in [0.15, 0.2) is 12.4 Å². The van der Waals surface area contributed by atoms with Crippen molar-refractivity contribution in [3.05, 3.63) is 18.0 Å². The van der Waals surface area contributed by atoms with Crippen molar-refractivity contribution in [3.8, 4) is 0 Å². The van der Waals surface area contributed by atoms with Crippen molar-refractivity contribution in [2.75, 3.05) is 19.8 Å². The number of ether oxygens (including phenoxy) is 2. The Morgan fingerprint density at radius 1 is 1.40 bits per heavy atom. The van der Waals surface area contributed by atoms with Gasteiger partial charge in [0, 0.05) is 19.3 Å². The van der Waals surface area contributed by atoms with Gasteiger partial charge >= 0.3 is 0 Å². The fourth-order valence-electron chi connectivity index (χ4n) is 3.80. The third-order valence-electron chi connectivity index (χ3n) is 5.15. The van der Waals surface area contributed by atoms with Crippen LogP contribution in [-0.4, -0.2) is 58.6 Å². The molecule has 1 aromatic rings. The van der Waals surface area contributed by atoms with Crippen molar-refractivity contribution in [2.24, 2.45) is 5.92 Å². The largest absolute Gasteiger partial charge is 0.376 e. The Bertz CT molecular complexity index is 566. The van der Waals surface area contributed by atoms with Crippen LogP contribution in [0.5, 0.6) is 0 Å². The van der Waals surface area contributed by atoms with E-state index in [1.165, 1.54) is 0 Å². The van der Waals surface area contributed by atoms with Crippen molar-refractivity contribution < 1.29 is 14.3 Å². The number of rotatable bonds is 7. The second kappa shape index (κ2) is 8.32. The lowest BCUT2D eigenvalue weighted by atomic mass is 10.1. The predicted molar refractivity (Wildman–Crippen MR) is 95.3 cm³/mol. The highest BCUT2D eigenvalue weighted by Gasteiger charge is 2.35. The number of carbonyl (C=O) groups is 1. The van der Waals surface area contributed by atoms with Crippen LogP contribution in [0.1, 0.15) is 45.1 Å². The van der Waals surface area contributed by atoms with E-state index in [1.54, 1.807) is 0 Å². The Balaban J connectivity index is 1.60. The zero-order valence-electron chi connectivity index (χ0n) is 15.7. The Morgan fingerprint density at radius 3 is 2.88 bits per heavy atom. The second-order valence-corrected chi connectivity index (χ2v) is 7.70. The number of carbonyl (C=O) groups excluding carboxylic acids is 1. The molecule has 140 valence electrons. The van der Waals surface area contributed by atoms with Crippen LogP contribution in [-0.2, 0) is 20.8 Å². The summed E-state index contributed by atoms with van der Waals surface area (Å²) >= 11 is 0. The Morgan fingerprint density at radius 2 is 2.24 bits per heavy atom. The quantitative estimate of drug-likeness (QED) is 0.758. The third-order valence-corrected chi connectivity index (χ3v) is 5.15. The van der Waals surface area contributed by atoms with Crippen LogP contribution >= 0.6 is 0 Å². The van der Waals surface area contributed by atoms with E-state index in [0.717, 1.165) is 50.9 Å². The molecule has 0 aliphatic carbocycles. The molecule has 6 heteroatoms. The van der Waals surface area contributed by atoms with Gasteiger partial charge in [-0.2, -0.15) is 5.10 Å². The molecular weight excluding hydrogens is 318 g/mol. The molecule has 3 heterocycles. The van der Waals surface area contributed by atoms with Gasteiger partial charge in [0.25, 0.3) is 5.91 Å². The summed E-state index contributed by atoms with van der Waals surface area (Å²) in [6.45, 7) is 9.05. The highest BCUT2D eigenvalue weighted by atomic mass is 16.5. The molecule has 2 saturated heterocycles. The molecule has 0 saturated carbocycles. The fourth-order valence-corrected chi connectivity index (χ4v) is 3.80. The first kappa shape index (κ1) is 18.4. The Labute approximate surface area is 150 Å².